The van der Waals surface area contributed by atoms with Crippen LogP contribution in [0.3, 0.4) is 0 Å². The van der Waals surface area contributed by atoms with Crippen LogP contribution in [0.25, 0.3) is 11.0 Å². The minimum atomic E-state index is -0.527. The smallest absolute Gasteiger partial charge is 0.276 e. The first-order valence-corrected chi connectivity index (χ1v) is 10.2. The van der Waals surface area contributed by atoms with Gasteiger partial charge in [0.15, 0.2) is 5.69 Å². The highest BCUT2D eigenvalue weighted by Gasteiger charge is 2.22. The van der Waals surface area contributed by atoms with Crippen molar-refractivity contribution < 1.29 is 14.3 Å². The molecule has 5 N–H and O–H groups in total. The lowest BCUT2D eigenvalue weighted by molar-refractivity contribution is 0.0985. The van der Waals surface area contributed by atoms with E-state index in [0.29, 0.717) is 5.69 Å². The van der Waals surface area contributed by atoms with E-state index in [4.69, 9.17) is 4.74 Å². The summed E-state index contributed by atoms with van der Waals surface area (Å²) in [5, 5.41) is 8.63. The van der Waals surface area contributed by atoms with Crippen LogP contribution in [0.1, 0.15) is 26.5 Å². The Bertz CT molecular complexity index is 1270. The summed E-state index contributed by atoms with van der Waals surface area (Å²) in [5.74, 6) is 0.00479. The number of para-hydroxylation sites is 2. The molecule has 0 unspecified atom stereocenters. The van der Waals surface area contributed by atoms with E-state index in [1.165, 1.54) is 6.33 Å². The number of carbonyl (C=O) groups excluding carboxylic acids is 2. The molecule has 10 nitrogen and oxygen atoms in total. The van der Waals surface area contributed by atoms with Crippen molar-refractivity contribution in [3.63, 3.8) is 0 Å². The molecule has 3 heterocycles. The lowest BCUT2D eigenvalue weighted by Gasteiger charge is -2.28. The molecule has 1 aliphatic heterocycles. The molecule has 162 valence electrons. The van der Waals surface area contributed by atoms with Gasteiger partial charge >= 0.3 is 0 Å². The van der Waals surface area contributed by atoms with E-state index < -0.39 is 11.8 Å². The second kappa shape index (κ2) is 8.16. The number of aromatic nitrogens is 4. The Morgan fingerprint density at radius 3 is 2.69 bits per heavy atom. The first-order valence-electron chi connectivity index (χ1n) is 10.2. The normalized spacial score (nSPS) is 13.5. The summed E-state index contributed by atoms with van der Waals surface area (Å²) in [6.45, 7) is 3.53. The fourth-order valence-electron chi connectivity index (χ4n) is 3.39. The molecule has 10 heteroatoms. The van der Waals surface area contributed by atoms with Gasteiger partial charge in [-0.3, -0.25) is 14.9 Å². The van der Waals surface area contributed by atoms with Crippen LogP contribution in [0, 0.1) is 6.92 Å². The zero-order valence-corrected chi connectivity index (χ0v) is 17.2. The number of ether oxygens (including phenoxy) is 1. The SMILES string of the molecule is Cc1cc(OC2CNC2)ccc1NC(=O)c1nc[nH]c1C(=O)Nc1nc2ccccc2[nH]1. The second-order valence-electron chi connectivity index (χ2n) is 7.51. The molecule has 0 bridgehead atoms. The van der Waals surface area contributed by atoms with Gasteiger partial charge in [-0.1, -0.05) is 12.1 Å². The maximum atomic E-state index is 12.8. The van der Waals surface area contributed by atoms with Gasteiger partial charge in [-0.15, -0.1) is 0 Å². The van der Waals surface area contributed by atoms with Crippen molar-refractivity contribution in [3.05, 3.63) is 65.7 Å². The molecule has 2 aromatic carbocycles. The highest BCUT2D eigenvalue weighted by Crippen LogP contribution is 2.23. The van der Waals surface area contributed by atoms with Crippen molar-refractivity contribution in [2.75, 3.05) is 23.7 Å². The number of hydrogen-bond donors (Lipinski definition) is 5. The lowest BCUT2D eigenvalue weighted by atomic mass is 10.1. The average molecular weight is 431 g/mol. The highest BCUT2D eigenvalue weighted by molar-refractivity contribution is 6.13. The van der Waals surface area contributed by atoms with E-state index in [-0.39, 0.29) is 23.4 Å². The van der Waals surface area contributed by atoms with E-state index in [1.807, 2.05) is 37.3 Å². The molecule has 1 fully saturated rings. The largest absolute Gasteiger partial charge is 0.488 e. The average Bonchev–Trinajstić information content (AvgIpc) is 3.39. The molecule has 0 spiro atoms. The molecule has 2 aromatic heterocycles. The van der Waals surface area contributed by atoms with Crippen LogP contribution in [0.2, 0.25) is 0 Å². The van der Waals surface area contributed by atoms with Crippen molar-refractivity contribution in [2.24, 2.45) is 0 Å². The second-order valence-corrected chi connectivity index (χ2v) is 7.51. The van der Waals surface area contributed by atoms with Crippen LogP contribution in [-0.4, -0.2) is 50.9 Å². The number of rotatable bonds is 6. The predicted octanol–water partition coefficient (Wildman–Crippen LogP) is 2.45. The summed E-state index contributed by atoms with van der Waals surface area (Å²) >= 11 is 0. The molecule has 1 saturated heterocycles. The van der Waals surface area contributed by atoms with Gasteiger partial charge in [0.25, 0.3) is 11.8 Å². The third-order valence-corrected chi connectivity index (χ3v) is 5.20. The maximum Gasteiger partial charge on any atom is 0.276 e. The van der Waals surface area contributed by atoms with Crippen molar-refractivity contribution in [1.82, 2.24) is 25.3 Å². The van der Waals surface area contributed by atoms with Gasteiger partial charge in [0.05, 0.1) is 17.4 Å². The quantitative estimate of drug-likeness (QED) is 0.318. The summed E-state index contributed by atoms with van der Waals surface area (Å²) in [7, 11) is 0. The fourth-order valence-corrected chi connectivity index (χ4v) is 3.39. The van der Waals surface area contributed by atoms with Crippen LogP contribution in [0.4, 0.5) is 11.6 Å². The Morgan fingerprint density at radius 2 is 1.94 bits per heavy atom. The molecule has 4 aromatic rings. The number of nitrogens with zero attached hydrogens (tertiary/aromatic N) is 2. The third-order valence-electron chi connectivity index (χ3n) is 5.20. The first kappa shape index (κ1) is 19.8. The number of aromatic amines is 2. The summed E-state index contributed by atoms with van der Waals surface area (Å²) in [4.78, 5) is 39.7. The number of aryl methyl sites for hydroxylation is 1. The molecule has 1 aliphatic rings. The van der Waals surface area contributed by atoms with Gasteiger partial charge in [-0.2, -0.15) is 0 Å². The summed E-state index contributed by atoms with van der Waals surface area (Å²) in [6, 6.07) is 12.9. The number of nitrogens with one attached hydrogen (secondary N) is 5. The number of carbonyl (C=O) groups is 2. The highest BCUT2D eigenvalue weighted by atomic mass is 16.5. The third kappa shape index (κ3) is 3.91. The van der Waals surface area contributed by atoms with Crippen molar-refractivity contribution in [3.8, 4) is 5.75 Å². The Hall–Kier alpha value is -4.18. The Kier molecular flexibility index (Phi) is 5.04. The minimum Gasteiger partial charge on any atom is -0.488 e. The van der Waals surface area contributed by atoms with E-state index >= 15 is 0 Å². The monoisotopic (exact) mass is 431 g/mol. The van der Waals surface area contributed by atoms with Gasteiger partial charge in [0, 0.05) is 18.8 Å². The van der Waals surface area contributed by atoms with Crippen LogP contribution in [0.5, 0.6) is 5.75 Å². The minimum absolute atomic E-state index is 0.0149. The van der Waals surface area contributed by atoms with Crippen LogP contribution in [-0.2, 0) is 0 Å². The Morgan fingerprint density at radius 1 is 1.09 bits per heavy atom. The fraction of sp³-hybridized carbons (Fsp3) is 0.182. The molecule has 5 rings (SSSR count). The number of anilines is 2. The van der Waals surface area contributed by atoms with Gasteiger partial charge in [0.2, 0.25) is 5.95 Å². The van der Waals surface area contributed by atoms with Crippen molar-refractivity contribution in [1.29, 1.82) is 0 Å². The lowest BCUT2D eigenvalue weighted by Crippen LogP contribution is -2.50. The van der Waals surface area contributed by atoms with Crippen LogP contribution >= 0.6 is 0 Å². The molecular formula is C22H21N7O3. The molecule has 0 atom stereocenters. The zero-order chi connectivity index (χ0) is 22.1. The van der Waals surface area contributed by atoms with Gasteiger partial charge < -0.3 is 25.3 Å². The van der Waals surface area contributed by atoms with Gasteiger partial charge in [-0.05, 0) is 42.8 Å². The topological polar surface area (TPSA) is 137 Å². The number of hydrogen-bond acceptors (Lipinski definition) is 6. The summed E-state index contributed by atoms with van der Waals surface area (Å²) in [5.41, 5.74) is 2.99. The van der Waals surface area contributed by atoms with Gasteiger partial charge in [-0.25, -0.2) is 9.97 Å². The van der Waals surface area contributed by atoms with Gasteiger partial charge in [0.1, 0.15) is 17.5 Å². The predicted molar refractivity (Wildman–Crippen MR) is 119 cm³/mol. The van der Waals surface area contributed by atoms with Crippen LogP contribution in [0.15, 0.2) is 48.8 Å². The first-order chi connectivity index (χ1) is 15.6. The molecule has 32 heavy (non-hydrogen) atoms. The standard InChI is InChI=1S/C22H21N7O3/c1-12-8-13(32-14-9-23-10-14)6-7-15(12)26-20(30)18-19(25-11-24-18)21(31)29-22-27-16-4-2-3-5-17(16)28-22/h2-8,11,14,23H,9-10H2,1H3,(H,24,25)(H,26,30)(H2,27,28,29,31). The number of H-pyrrole nitrogens is 2. The van der Waals surface area contributed by atoms with Crippen LogP contribution < -0.4 is 20.7 Å². The molecule has 0 saturated carbocycles. The summed E-state index contributed by atoms with van der Waals surface area (Å²) in [6.07, 6.45) is 1.48. The van der Waals surface area contributed by atoms with E-state index in [0.717, 1.165) is 35.4 Å². The molecule has 2 amide bonds. The maximum absolute atomic E-state index is 12.8. The van der Waals surface area contributed by atoms with Crippen molar-refractivity contribution in [2.45, 2.75) is 13.0 Å². The number of imidazole rings is 2. The van der Waals surface area contributed by atoms with E-state index in [2.05, 4.69) is 35.9 Å². The Labute approximate surface area is 182 Å². The van der Waals surface area contributed by atoms with Crippen molar-refractivity contribution >= 4 is 34.5 Å². The number of fused-ring (bicyclic) bond motifs is 1. The van der Waals surface area contributed by atoms with E-state index in [9.17, 15) is 9.59 Å². The number of amides is 2. The number of benzene rings is 2. The summed E-state index contributed by atoms with van der Waals surface area (Å²) < 4.78 is 5.84. The molecule has 0 aliphatic carbocycles. The molecular weight excluding hydrogens is 410 g/mol. The zero-order valence-electron chi connectivity index (χ0n) is 17.2. The molecule has 0 radical (unpaired) electrons. The van der Waals surface area contributed by atoms with E-state index in [1.54, 1.807) is 12.1 Å². The Balaban J connectivity index is 1.29.